The Morgan fingerprint density at radius 1 is 1.17 bits per heavy atom. The van der Waals surface area contributed by atoms with Gasteiger partial charge in [0.2, 0.25) is 0 Å². The fourth-order valence-electron chi connectivity index (χ4n) is 1.27. The molecule has 0 unspecified atom stereocenters. The van der Waals surface area contributed by atoms with E-state index in [-0.39, 0.29) is 5.03 Å². The van der Waals surface area contributed by atoms with Crippen LogP contribution in [0.15, 0.2) is 62.6 Å². The molecular formula is C12H9BrN2O2S. The summed E-state index contributed by atoms with van der Waals surface area (Å²) in [7, 11) is -3.73. The molecule has 0 fully saturated rings. The molecule has 2 aromatic rings. The molecule has 2 rings (SSSR count). The van der Waals surface area contributed by atoms with Crippen LogP contribution in [0.25, 0.3) is 0 Å². The van der Waals surface area contributed by atoms with E-state index in [2.05, 4.69) is 25.3 Å². The maximum absolute atomic E-state index is 11.8. The number of sulfonamides is 1. The highest BCUT2D eigenvalue weighted by molar-refractivity contribution is 9.10. The van der Waals surface area contributed by atoms with Crippen molar-refractivity contribution >= 4 is 32.2 Å². The lowest BCUT2D eigenvalue weighted by atomic mass is 10.2. The molecule has 1 heterocycles. The van der Waals surface area contributed by atoms with E-state index < -0.39 is 10.0 Å². The average molecular weight is 325 g/mol. The maximum Gasteiger partial charge on any atom is 0.299 e. The van der Waals surface area contributed by atoms with E-state index in [0.29, 0.717) is 5.56 Å². The van der Waals surface area contributed by atoms with Crippen LogP contribution in [0.2, 0.25) is 0 Å². The van der Waals surface area contributed by atoms with Gasteiger partial charge in [-0.25, -0.2) is 4.98 Å². The van der Waals surface area contributed by atoms with Gasteiger partial charge in [-0.2, -0.15) is 12.8 Å². The molecule has 0 aliphatic rings. The second-order valence-corrected chi connectivity index (χ2v) is 5.93. The molecule has 0 spiro atoms. The quantitative estimate of drug-likeness (QED) is 0.815. The van der Waals surface area contributed by atoms with Crippen molar-refractivity contribution in [3.8, 4) is 0 Å². The molecule has 1 aromatic heterocycles. The second-order valence-electron chi connectivity index (χ2n) is 3.43. The first-order chi connectivity index (χ1) is 8.58. The van der Waals surface area contributed by atoms with Gasteiger partial charge in [-0.3, -0.25) is 0 Å². The van der Waals surface area contributed by atoms with E-state index in [4.69, 9.17) is 0 Å². The molecule has 6 heteroatoms. The third-order valence-electron chi connectivity index (χ3n) is 2.09. The molecular weight excluding hydrogens is 316 g/mol. The van der Waals surface area contributed by atoms with Crippen LogP contribution in [0.3, 0.4) is 0 Å². The van der Waals surface area contributed by atoms with Crippen LogP contribution in [0.1, 0.15) is 5.56 Å². The fourth-order valence-corrected chi connectivity index (χ4v) is 2.50. The van der Waals surface area contributed by atoms with Gasteiger partial charge in [0.1, 0.15) is 0 Å². The molecule has 0 amide bonds. The molecule has 0 radical (unpaired) electrons. The minimum Gasteiger partial charge on any atom is -0.243 e. The molecule has 1 aromatic carbocycles. The Labute approximate surface area is 114 Å². The molecule has 4 nitrogen and oxygen atoms in total. The summed E-state index contributed by atoms with van der Waals surface area (Å²) in [5.41, 5.74) is 0.698. The van der Waals surface area contributed by atoms with Crippen molar-refractivity contribution in [2.75, 3.05) is 0 Å². The zero-order chi connectivity index (χ0) is 13.0. The van der Waals surface area contributed by atoms with E-state index in [0.717, 1.165) is 4.47 Å². The molecule has 0 atom stereocenters. The summed E-state index contributed by atoms with van der Waals surface area (Å²) >= 11 is 3.30. The summed E-state index contributed by atoms with van der Waals surface area (Å²) in [5, 5.41) is -0.0590. The van der Waals surface area contributed by atoms with Gasteiger partial charge in [-0.15, -0.1) is 0 Å². The van der Waals surface area contributed by atoms with Crippen molar-refractivity contribution in [3.05, 3.63) is 58.7 Å². The molecule has 0 bridgehead atoms. The van der Waals surface area contributed by atoms with Crippen molar-refractivity contribution in [3.63, 3.8) is 0 Å². The first-order valence-electron chi connectivity index (χ1n) is 5.05. The minimum atomic E-state index is -3.73. The van der Waals surface area contributed by atoms with Crippen LogP contribution in [-0.2, 0) is 10.0 Å². The zero-order valence-electron chi connectivity index (χ0n) is 9.19. The average Bonchev–Trinajstić information content (AvgIpc) is 2.38. The predicted molar refractivity (Wildman–Crippen MR) is 73.2 cm³/mol. The minimum absolute atomic E-state index is 0.0590. The number of aromatic nitrogens is 1. The fraction of sp³-hybridized carbons (Fsp3) is 0. The van der Waals surface area contributed by atoms with Gasteiger partial charge in [0.05, 0.1) is 0 Å². The molecule has 18 heavy (non-hydrogen) atoms. The van der Waals surface area contributed by atoms with Crippen LogP contribution in [0.5, 0.6) is 0 Å². The normalized spacial score (nSPS) is 11.8. The van der Waals surface area contributed by atoms with Crippen molar-refractivity contribution < 1.29 is 8.42 Å². The standard InChI is InChI=1S/C12H9BrN2O2S/c13-11-5-3-4-10(8-11)9-15-18(16,17)12-6-1-2-7-14-12/h1-9H/b15-9+. The van der Waals surface area contributed by atoms with Gasteiger partial charge in [-0.1, -0.05) is 34.1 Å². The topological polar surface area (TPSA) is 59.4 Å². The maximum atomic E-state index is 11.8. The summed E-state index contributed by atoms with van der Waals surface area (Å²) in [6, 6.07) is 11.9. The van der Waals surface area contributed by atoms with E-state index in [1.54, 1.807) is 30.3 Å². The van der Waals surface area contributed by atoms with Crippen LogP contribution in [0.4, 0.5) is 0 Å². The third kappa shape index (κ3) is 3.24. The van der Waals surface area contributed by atoms with Crippen molar-refractivity contribution in [2.45, 2.75) is 5.03 Å². The highest BCUT2D eigenvalue weighted by Gasteiger charge is 2.11. The van der Waals surface area contributed by atoms with Gasteiger partial charge < -0.3 is 0 Å². The third-order valence-corrected chi connectivity index (χ3v) is 3.74. The number of pyridine rings is 1. The van der Waals surface area contributed by atoms with E-state index in [1.165, 1.54) is 18.5 Å². The summed E-state index contributed by atoms with van der Waals surface area (Å²) < 4.78 is 28.1. The summed E-state index contributed by atoms with van der Waals surface area (Å²) in [4.78, 5) is 3.77. The number of halogens is 1. The first kappa shape index (κ1) is 12.9. The Kier molecular flexibility index (Phi) is 3.88. The lowest BCUT2D eigenvalue weighted by Crippen LogP contribution is -2.00. The van der Waals surface area contributed by atoms with E-state index >= 15 is 0 Å². The molecule has 0 saturated carbocycles. The second kappa shape index (κ2) is 5.41. The van der Waals surface area contributed by atoms with Crippen LogP contribution < -0.4 is 0 Å². The van der Waals surface area contributed by atoms with Gasteiger partial charge >= 0.3 is 0 Å². The zero-order valence-corrected chi connectivity index (χ0v) is 11.6. The monoisotopic (exact) mass is 324 g/mol. The molecule has 0 saturated heterocycles. The Morgan fingerprint density at radius 3 is 2.67 bits per heavy atom. The summed E-state index contributed by atoms with van der Waals surface area (Å²) in [5.74, 6) is 0. The number of hydrogen-bond donors (Lipinski definition) is 0. The Bertz CT molecular complexity index is 669. The van der Waals surface area contributed by atoms with Gasteiger partial charge in [0.25, 0.3) is 10.0 Å². The summed E-state index contributed by atoms with van der Waals surface area (Å²) in [6.45, 7) is 0. The molecule has 0 aliphatic carbocycles. The highest BCUT2D eigenvalue weighted by atomic mass is 79.9. The van der Waals surface area contributed by atoms with E-state index in [1.807, 2.05) is 6.07 Å². The smallest absolute Gasteiger partial charge is 0.243 e. The molecule has 0 N–H and O–H groups in total. The SMILES string of the molecule is O=S(=O)(/N=C/c1cccc(Br)c1)c1ccccn1. The molecule has 0 aliphatic heterocycles. The van der Waals surface area contributed by atoms with Crippen molar-refractivity contribution in [1.82, 2.24) is 4.98 Å². The number of rotatable bonds is 3. The lowest BCUT2D eigenvalue weighted by Gasteiger charge is -1.97. The van der Waals surface area contributed by atoms with Crippen LogP contribution in [0, 0.1) is 0 Å². The van der Waals surface area contributed by atoms with Crippen LogP contribution in [-0.4, -0.2) is 19.6 Å². The van der Waals surface area contributed by atoms with E-state index in [9.17, 15) is 8.42 Å². The number of benzene rings is 1. The van der Waals surface area contributed by atoms with Crippen molar-refractivity contribution in [2.24, 2.45) is 4.40 Å². The Balaban J connectivity index is 2.29. The molecule has 92 valence electrons. The first-order valence-corrected chi connectivity index (χ1v) is 7.28. The summed E-state index contributed by atoms with van der Waals surface area (Å²) in [6.07, 6.45) is 2.72. The van der Waals surface area contributed by atoms with Crippen molar-refractivity contribution in [1.29, 1.82) is 0 Å². The number of nitrogens with zero attached hydrogens (tertiary/aromatic N) is 2. The predicted octanol–water partition coefficient (Wildman–Crippen LogP) is 2.65. The highest BCUT2D eigenvalue weighted by Crippen LogP contribution is 2.12. The van der Waals surface area contributed by atoms with Gasteiger partial charge in [-0.05, 0) is 29.8 Å². The number of hydrogen-bond acceptors (Lipinski definition) is 3. The van der Waals surface area contributed by atoms with Gasteiger partial charge in [0.15, 0.2) is 5.03 Å². The lowest BCUT2D eigenvalue weighted by molar-refractivity contribution is 0.594. The Morgan fingerprint density at radius 2 is 2.00 bits per heavy atom. The Hall–Kier alpha value is -1.53. The van der Waals surface area contributed by atoms with Gasteiger partial charge in [0, 0.05) is 16.9 Å². The largest absolute Gasteiger partial charge is 0.299 e. The van der Waals surface area contributed by atoms with Crippen LogP contribution >= 0.6 is 15.9 Å².